The van der Waals surface area contributed by atoms with Crippen LogP contribution in [-0.2, 0) is 4.74 Å². The molecule has 92 valence electrons. The number of nitrogens with one attached hydrogen (secondary N) is 1. The van der Waals surface area contributed by atoms with Gasteiger partial charge >= 0.3 is 0 Å². The van der Waals surface area contributed by atoms with Crippen molar-refractivity contribution in [3.63, 3.8) is 0 Å². The van der Waals surface area contributed by atoms with Crippen molar-refractivity contribution in [2.24, 2.45) is 0 Å². The molecule has 4 nitrogen and oxygen atoms in total. The lowest BCUT2D eigenvalue weighted by atomic mass is 10.1. The molecule has 0 aromatic heterocycles. The summed E-state index contributed by atoms with van der Waals surface area (Å²) in [5.74, 6) is -0.0784. The van der Waals surface area contributed by atoms with E-state index in [0.717, 1.165) is 25.0 Å². The van der Waals surface area contributed by atoms with Crippen LogP contribution in [0.2, 0.25) is 0 Å². The SMILES string of the molecule is Cc1c(N)cccc1C(=O)NC[C@@H]1CCCO1. The molecule has 1 atom stereocenters. The van der Waals surface area contributed by atoms with E-state index in [4.69, 9.17) is 10.5 Å². The number of nitrogen functional groups attached to an aromatic ring is 1. The quantitative estimate of drug-likeness (QED) is 0.779. The maximum Gasteiger partial charge on any atom is 0.251 e. The van der Waals surface area contributed by atoms with Gasteiger partial charge in [0.2, 0.25) is 0 Å². The predicted octanol–water partition coefficient (Wildman–Crippen LogP) is 1.49. The topological polar surface area (TPSA) is 64.4 Å². The van der Waals surface area contributed by atoms with Crippen LogP contribution < -0.4 is 11.1 Å². The van der Waals surface area contributed by atoms with Gasteiger partial charge in [0, 0.05) is 24.4 Å². The average Bonchev–Trinajstić information content (AvgIpc) is 2.82. The molecular weight excluding hydrogens is 216 g/mol. The molecule has 0 spiro atoms. The number of ether oxygens (including phenoxy) is 1. The Kier molecular flexibility index (Phi) is 3.64. The first-order valence-corrected chi connectivity index (χ1v) is 5.93. The van der Waals surface area contributed by atoms with Gasteiger partial charge in [-0.25, -0.2) is 0 Å². The van der Waals surface area contributed by atoms with E-state index in [9.17, 15) is 4.79 Å². The van der Waals surface area contributed by atoms with Crippen LogP contribution in [-0.4, -0.2) is 25.2 Å². The van der Waals surface area contributed by atoms with Crippen molar-refractivity contribution in [3.8, 4) is 0 Å². The minimum absolute atomic E-state index is 0.0784. The van der Waals surface area contributed by atoms with Crippen LogP contribution in [0, 0.1) is 6.92 Å². The number of amides is 1. The molecule has 1 heterocycles. The standard InChI is InChI=1S/C13H18N2O2/c1-9-11(5-2-6-12(9)14)13(16)15-8-10-4-3-7-17-10/h2,5-6,10H,3-4,7-8,14H2,1H3,(H,15,16)/t10-/m0/s1. The smallest absolute Gasteiger partial charge is 0.251 e. The van der Waals surface area contributed by atoms with E-state index in [0.29, 0.717) is 17.8 Å². The molecule has 17 heavy (non-hydrogen) atoms. The van der Waals surface area contributed by atoms with Crippen LogP contribution in [0.1, 0.15) is 28.8 Å². The highest BCUT2D eigenvalue weighted by molar-refractivity contribution is 5.96. The highest BCUT2D eigenvalue weighted by Crippen LogP contribution is 2.16. The molecule has 1 amide bonds. The van der Waals surface area contributed by atoms with Gasteiger partial charge in [0.25, 0.3) is 5.91 Å². The van der Waals surface area contributed by atoms with Crippen molar-refractivity contribution in [2.45, 2.75) is 25.9 Å². The minimum atomic E-state index is -0.0784. The third-order valence-corrected chi connectivity index (χ3v) is 3.13. The van der Waals surface area contributed by atoms with Crippen LogP contribution in [0.15, 0.2) is 18.2 Å². The molecule has 0 saturated carbocycles. The third-order valence-electron chi connectivity index (χ3n) is 3.13. The highest BCUT2D eigenvalue weighted by atomic mass is 16.5. The van der Waals surface area contributed by atoms with E-state index < -0.39 is 0 Å². The summed E-state index contributed by atoms with van der Waals surface area (Å²) in [4.78, 5) is 12.0. The molecule has 1 aliphatic heterocycles. The first kappa shape index (κ1) is 11.9. The van der Waals surface area contributed by atoms with Crippen LogP contribution in [0.25, 0.3) is 0 Å². The van der Waals surface area contributed by atoms with Crippen LogP contribution in [0.4, 0.5) is 5.69 Å². The number of hydrogen-bond acceptors (Lipinski definition) is 3. The number of anilines is 1. The first-order valence-electron chi connectivity index (χ1n) is 5.93. The monoisotopic (exact) mass is 234 g/mol. The minimum Gasteiger partial charge on any atom is -0.398 e. The fourth-order valence-electron chi connectivity index (χ4n) is 2.01. The van der Waals surface area contributed by atoms with Gasteiger partial charge in [-0.2, -0.15) is 0 Å². The predicted molar refractivity (Wildman–Crippen MR) is 66.9 cm³/mol. The summed E-state index contributed by atoms with van der Waals surface area (Å²) < 4.78 is 5.45. The molecular formula is C13H18N2O2. The summed E-state index contributed by atoms with van der Waals surface area (Å²) in [6.45, 7) is 3.24. The molecule has 1 fully saturated rings. The Morgan fingerprint density at radius 2 is 2.41 bits per heavy atom. The molecule has 1 saturated heterocycles. The van der Waals surface area contributed by atoms with Crippen molar-refractivity contribution in [2.75, 3.05) is 18.9 Å². The van der Waals surface area contributed by atoms with Crippen molar-refractivity contribution in [3.05, 3.63) is 29.3 Å². The van der Waals surface area contributed by atoms with Gasteiger partial charge in [-0.05, 0) is 37.5 Å². The summed E-state index contributed by atoms with van der Waals surface area (Å²) in [5, 5.41) is 2.89. The Morgan fingerprint density at radius 3 is 3.12 bits per heavy atom. The van der Waals surface area contributed by atoms with Crippen molar-refractivity contribution in [1.82, 2.24) is 5.32 Å². The number of carbonyl (C=O) groups excluding carboxylic acids is 1. The van der Waals surface area contributed by atoms with Crippen molar-refractivity contribution in [1.29, 1.82) is 0 Å². The Labute approximate surface area is 101 Å². The average molecular weight is 234 g/mol. The second kappa shape index (κ2) is 5.19. The summed E-state index contributed by atoms with van der Waals surface area (Å²) in [6, 6.07) is 5.38. The Morgan fingerprint density at radius 1 is 1.59 bits per heavy atom. The largest absolute Gasteiger partial charge is 0.398 e. The van der Waals surface area contributed by atoms with Gasteiger partial charge < -0.3 is 15.8 Å². The zero-order chi connectivity index (χ0) is 12.3. The zero-order valence-electron chi connectivity index (χ0n) is 10.0. The summed E-state index contributed by atoms with van der Waals surface area (Å²) in [7, 11) is 0. The number of carbonyl (C=O) groups is 1. The number of rotatable bonds is 3. The summed E-state index contributed by atoms with van der Waals surface area (Å²) in [5.41, 5.74) is 7.89. The van der Waals surface area contributed by atoms with Gasteiger partial charge in [-0.1, -0.05) is 6.07 Å². The zero-order valence-corrected chi connectivity index (χ0v) is 10.0. The highest BCUT2D eigenvalue weighted by Gasteiger charge is 2.17. The maximum atomic E-state index is 12.0. The number of nitrogens with two attached hydrogens (primary N) is 1. The van der Waals surface area contributed by atoms with E-state index in [1.54, 1.807) is 18.2 Å². The lowest BCUT2D eigenvalue weighted by molar-refractivity contribution is 0.0857. The summed E-state index contributed by atoms with van der Waals surface area (Å²) >= 11 is 0. The molecule has 0 unspecified atom stereocenters. The molecule has 0 radical (unpaired) electrons. The third kappa shape index (κ3) is 2.77. The van der Waals surface area contributed by atoms with E-state index >= 15 is 0 Å². The van der Waals surface area contributed by atoms with Crippen molar-refractivity contribution >= 4 is 11.6 Å². The lowest BCUT2D eigenvalue weighted by Crippen LogP contribution is -2.32. The number of hydrogen-bond donors (Lipinski definition) is 2. The van der Waals surface area contributed by atoms with Gasteiger partial charge in [-0.3, -0.25) is 4.79 Å². The normalized spacial score (nSPS) is 19.2. The molecule has 1 aromatic rings. The van der Waals surface area contributed by atoms with Gasteiger partial charge in [0.1, 0.15) is 0 Å². The fourth-order valence-corrected chi connectivity index (χ4v) is 2.01. The Balaban J connectivity index is 1.97. The number of benzene rings is 1. The first-order chi connectivity index (χ1) is 8.18. The molecule has 0 bridgehead atoms. The molecule has 2 rings (SSSR count). The van der Waals surface area contributed by atoms with Crippen LogP contribution in [0.5, 0.6) is 0 Å². The van der Waals surface area contributed by atoms with Gasteiger partial charge in [-0.15, -0.1) is 0 Å². The van der Waals surface area contributed by atoms with E-state index in [2.05, 4.69) is 5.32 Å². The van der Waals surface area contributed by atoms with Crippen molar-refractivity contribution < 1.29 is 9.53 Å². The molecule has 3 N–H and O–H groups in total. The Bertz CT molecular complexity index is 412. The van der Waals surface area contributed by atoms with E-state index in [-0.39, 0.29) is 12.0 Å². The molecule has 0 aliphatic carbocycles. The fraction of sp³-hybridized carbons (Fsp3) is 0.462. The van der Waals surface area contributed by atoms with Crippen LogP contribution in [0.3, 0.4) is 0 Å². The Hall–Kier alpha value is -1.55. The van der Waals surface area contributed by atoms with Gasteiger partial charge in [0.05, 0.1) is 6.10 Å². The second-order valence-electron chi connectivity index (χ2n) is 4.36. The molecule has 1 aromatic carbocycles. The maximum absolute atomic E-state index is 12.0. The van der Waals surface area contributed by atoms with Gasteiger partial charge in [0.15, 0.2) is 0 Å². The van der Waals surface area contributed by atoms with E-state index in [1.165, 1.54) is 0 Å². The second-order valence-corrected chi connectivity index (χ2v) is 4.36. The molecule has 4 heteroatoms. The molecule has 1 aliphatic rings. The summed E-state index contributed by atoms with van der Waals surface area (Å²) in [6.07, 6.45) is 2.27. The lowest BCUT2D eigenvalue weighted by Gasteiger charge is -2.12. The van der Waals surface area contributed by atoms with E-state index in [1.807, 2.05) is 6.92 Å². The van der Waals surface area contributed by atoms with Crippen LogP contribution >= 0.6 is 0 Å².